The van der Waals surface area contributed by atoms with E-state index >= 15 is 0 Å². The molecule has 0 fully saturated rings. The van der Waals surface area contributed by atoms with E-state index in [0.717, 1.165) is 17.7 Å². The number of rotatable bonds is 5. The van der Waals surface area contributed by atoms with Crippen LogP contribution in [0.25, 0.3) is 0 Å². The van der Waals surface area contributed by atoms with Gasteiger partial charge in [-0.05, 0) is 37.5 Å². The zero-order valence-corrected chi connectivity index (χ0v) is 12.4. The Morgan fingerprint density at radius 2 is 1.70 bits per heavy atom. The monoisotopic (exact) mass is 267 g/mol. The first-order valence-corrected chi connectivity index (χ1v) is 7.09. The summed E-state index contributed by atoms with van der Waals surface area (Å²) in [6.45, 7) is 6.22. The van der Waals surface area contributed by atoms with E-state index in [9.17, 15) is 4.79 Å². The third kappa shape index (κ3) is 4.02. The fourth-order valence-electron chi connectivity index (χ4n) is 2.43. The lowest BCUT2D eigenvalue weighted by Crippen LogP contribution is -2.08. The second-order valence-corrected chi connectivity index (χ2v) is 5.40. The van der Waals surface area contributed by atoms with Gasteiger partial charge in [0.1, 0.15) is 5.78 Å². The Kier molecular flexibility index (Phi) is 4.67. The Balaban J connectivity index is 2.01. The van der Waals surface area contributed by atoms with Gasteiger partial charge in [-0.1, -0.05) is 42.3 Å². The molecule has 20 heavy (non-hydrogen) atoms. The first-order valence-electron chi connectivity index (χ1n) is 7.09. The van der Waals surface area contributed by atoms with Crippen LogP contribution < -0.4 is 0 Å². The van der Waals surface area contributed by atoms with Crippen molar-refractivity contribution in [1.82, 2.24) is 4.98 Å². The molecule has 0 aliphatic heterocycles. The third-order valence-electron chi connectivity index (χ3n) is 3.36. The highest BCUT2D eigenvalue weighted by Crippen LogP contribution is 2.11. The molecule has 2 rings (SSSR count). The molecule has 2 nitrogen and oxygen atoms in total. The Bertz CT molecular complexity index is 579. The summed E-state index contributed by atoms with van der Waals surface area (Å²) in [5.41, 5.74) is 5.57. The molecule has 0 atom stereocenters. The van der Waals surface area contributed by atoms with Crippen LogP contribution in [0, 0.1) is 13.8 Å². The average Bonchev–Trinajstić information content (AvgIpc) is 2.38. The minimum atomic E-state index is 0.215. The lowest BCUT2D eigenvalue weighted by Gasteiger charge is -2.05. The average molecular weight is 267 g/mol. The molecule has 1 aromatic carbocycles. The van der Waals surface area contributed by atoms with Crippen LogP contribution in [0.1, 0.15) is 34.9 Å². The molecule has 0 radical (unpaired) electrons. The molecule has 0 saturated carbocycles. The van der Waals surface area contributed by atoms with E-state index in [0.29, 0.717) is 12.8 Å². The van der Waals surface area contributed by atoms with Crippen molar-refractivity contribution in [3.63, 3.8) is 0 Å². The molecule has 104 valence electrons. The molecule has 0 aliphatic carbocycles. The summed E-state index contributed by atoms with van der Waals surface area (Å²) < 4.78 is 0. The summed E-state index contributed by atoms with van der Waals surface area (Å²) in [6, 6.07) is 10.3. The van der Waals surface area contributed by atoms with Crippen LogP contribution in [-0.4, -0.2) is 10.8 Å². The number of hydrogen-bond acceptors (Lipinski definition) is 2. The smallest absolute Gasteiger partial charge is 0.143 e. The Labute approximate surface area is 120 Å². The van der Waals surface area contributed by atoms with Gasteiger partial charge in [0.15, 0.2) is 0 Å². The van der Waals surface area contributed by atoms with Crippen molar-refractivity contribution in [1.29, 1.82) is 0 Å². The van der Waals surface area contributed by atoms with Gasteiger partial charge in [-0.2, -0.15) is 0 Å². The van der Waals surface area contributed by atoms with E-state index in [4.69, 9.17) is 0 Å². The van der Waals surface area contributed by atoms with Gasteiger partial charge in [0.05, 0.1) is 0 Å². The molecule has 0 saturated heterocycles. The highest BCUT2D eigenvalue weighted by atomic mass is 16.1. The van der Waals surface area contributed by atoms with Crippen LogP contribution in [-0.2, 0) is 24.1 Å². The SMILES string of the molecule is CCc1ccc(CC(=O)Cc2cc(C)cc(C)c2)nc1. The molecule has 1 heterocycles. The van der Waals surface area contributed by atoms with Gasteiger partial charge in [-0.15, -0.1) is 0 Å². The summed E-state index contributed by atoms with van der Waals surface area (Å²) in [6.07, 6.45) is 3.74. The normalized spacial score (nSPS) is 10.6. The van der Waals surface area contributed by atoms with Gasteiger partial charge in [0, 0.05) is 24.7 Å². The van der Waals surface area contributed by atoms with Gasteiger partial charge in [-0.25, -0.2) is 0 Å². The van der Waals surface area contributed by atoms with Crippen LogP contribution in [0.4, 0.5) is 0 Å². The topological polar surface area (TPSA) is 30.0 Å². The van der Waals surface area contributed by atoms with Crippen LogP contribution in [0.3, 0.4) is 0 Å². The second-order valence-electron chi connectivity index (χ2n) is 5.40. The van der Waals surface area contributed by atoms with Crippen molar-refractivity contribution in [2.45, 2.75) is 40.0 Å². The molecule has 0 bridgehead atoms. The molecular weight excluding hydrogens is 246 g/mol. The molecule has 2 aromatic rings. The number of ketones is 1. The number of carbonyl (C=O) groups excluding carboxylic acids is 1. The van der Waals surface area contributed by atoms with Gasteiger partial charge in [0.25, 0.3) is 0 Å². The minimum Gasteiger partial charge on any atom is -0.299 e. The van der Waals surface area contributed by atoms with Crippen LogP contribution in [0.2, 0.25) is 0 Å². The van der Waals surface area contributed by atoms with Crippen molar-refractivity contribution in [2.75, 3.05) is 0 Å². The van der Waals surface area contributed by atoms with Crippen molar-refractivity contribution < 1.29 is 4.79 Å². The molecule has 2 heteroatoms. The molecular formula is C18H21NO. The molecule has 1 aromatic heterocycles. The Morgan fingerprint density at radius 3 is 2.25 bits per heavy atom. The number of pyridine rings is 1. The minimum absolute atomic E-state index is 0.215. The van der Waals surface area contributed by atoms with Crippen molar-refractivity contribution in [3.05, 3.63) is 64.5 Å². The Hall–Kier alpha value is -1.96. The van der Waals surface area contributed by atoms with Crippen LogP contribution in [0.5, 0.6) is 0 Å². The number of benzene rings is 1. The maximum absolute atomic E-state index is 12.1. The highest BCUT2D eigenvalue weighted by molar-refractivity contribution is 5.82. The lowest BCUT2D eigenvalue weighted by atomic mass is 10.0. The van der Waals surface area contributed by atoms with Crippen molar-refractivity contribution in [2.24, 2.45) is 0 Å². The number of nitrogens with zero attached hydrogens (tertiary/aromatic N) is 1. The van der Waals surface area contributed by atoms with Gasteiger partial charge >= 0.3 is 0 Å². The molecule has 0 unspecified atom stereocenters. The van der Waals surface area contributed by atoms with E-state index in [1.54, 1.807) is 0 Å². The Morgan fingerprint density at radius 1 is 1.00 bits per heavy atom. The van der Waals surface area contributed by atoms with Gasteiger partial charge in [-0.3, -0.25) is 9.78 Å². The first kappa shape index (κ1) is 14.4. The summed E-state index contributed by atoms with van der Waals surface area (Å²) in [5.74, 6) is 0.215. The maximum Gasteiger partial charge on any atom is 0.143 e. The summed E-state index contributed by atoms with van der Waals surface area (Å²) in [7, 11) is 0. The fourth-order valence-corrected chi connectivity index (χ4v) is 2.43. The molecule has 0 N–H and O–H groups in total. The van der Waals surface area contributed by atoms with Gasteiger partial charge in [0.2, 0.25) is 0 Å². The molecule has 0 amide bonds. The maximum atomic E-state index is 12.1. The van der Waals surface area contributed by atoms with E-state index in [1.807, 2.05) is 18.3 Å². The van der Waals surface area contributed by atoms with Gasteiger partial charge < -0.3 is 0 Å². The second kappa shape index (κ2) is 6.47. The summed E-state index contributed by atoms with van der Waals surface area (Å²) >= 11 is 0. The quantitative estimate of drug-likeness (QED) is 0.828. The number of aryl methyl sites for hydroxylation is 3. The van der Waals surface area contributed by atoms with E-state index < -0.39 is 0 Å². The van der Waals surface area contributed by atoms with Crippen molar-refractivity contribution in [3.8, 4) is 0 Å². The number of carbonyl (C=O) groups is 1. The zero-order chi connectivity index (χ0) is 14.5. The van der Waals surface area contributed by atoms with Crippen molar-refractivity contribution >= 4 is 5.78 Å². The number of aromatic nitrogens is 1. The first-order chi connectivity index (χ1) is 9.56. The summed E-state index contributed by atoms with van der Waals surface area (Å²) in [4.78, 5) is 16.5. The third-order valence-corrected chi connectivity index (χ3v) is 3.36. The van der Waals surface area contributed by atoms with E-state index in [1.165, 1.54) is 16.7 Å². The molecule has 0 spiro atoms. The van der Waals surface area contributed by atoms with Crippen LogP contribution in [0.15, 0.2) is 36.5 Å². The largest absolute Gasteiger partial charge is 0.299 e. The van der Waals surface area contributed by atoms with Crippen LogP contribution >= 0.6 is 0 Å². The number of Topliss-reactive ketones (excluding diaryl/α,β-unsaturated/α-hetero) is 1. The summed E-state index contributed by atoms with van der Waals surface area (Å²) in [5, 5.41) is 0. The highest BCUT2D eigenvalue weighted by Gasteiger charge is 2.07. The zero-order valence-electron chi connectivity index (χ0n) is 12.4. The van der Waals surface area contributed by atoms with E-state index in [2.05, 4.69) is 44.0 Å². The fraction of sp³-hybridized carbons (Fsp3) is 0.333. The standard InChI is InChI=1S/C18H21NO/c1-4-15-5-6-17(19-12-15)11-18(20)10-16-8-13(2)7-14(3)9-16/h5-9,12H,4,10-11H2,1-3H3. The number of hydrogen-bond donors (Lipinski definition) is 0. The van der Waals surface area contributed by atoms with E-state index in [-0.39, 0.29) is 5.78 Å². The predicted octanol–water partition coefficient (Wildman–Crippen LogP) is 3.62. The molecule has 0 aliphatic rings. The predicted molar refractivity (Wildman–Crippen MR) is 81.9 cm³/mol. The lowest BCUT2D eigenvalue weighted by molar-refractivity contribution is -0.117.